The Labute approximate surface area is 300 Å². The summed E-state index contributed by atoms with van der Waals surface area (Å²) in [6, 6.07) is 26.8. The van der Waals surface area contributed by atoms with Crippen molar-refractivity contribution in [2.75, 3.05) is 13.7 Å². The van der Waals surface area contributed by atoms with E-state index >= 15 is 0 Å². The molecular formula is C41H49BrO6Si. The molecule has 6 nitrogen and oxygen atoms in total. The third-order valence-electron chi connectivity index (χ3n) is 10.0. The van der Waals surface area contributed by atoms with Crippen molar-refractivity contribution in [1.82, 2.24) is 0 Å². The molecule has 0 saturated heterocycles. The first kappa shape index (κ1) is 37.0. The molecule has 8 heteroatoms. The number of carbonyl (C=O) groups is 2. The van der Waals surface area contributed by atoms with Gasteiger partial charge in [0.1, 0.15) is 0 Å². The maximum absolute atomic E-state index is 14.3. The first-order valence-electron chi connectivity index (χ1n) is 17.3. The molecule has 0 radical (unpaired) electrons. The largest absolute Gasteiger partial charge is 0.493 e. The summed E-state index contributed by atoms with van der Waals surface area (Å²) in [5.41, 5.74) is 1.56. The topological polar surface area (TPSA) is 82.1 Å². The Balaban J connectivity index is 1.67. The molecule has 3 aromatic rings. The Morgan fingerprint density at radius 1 is 0.918 bits per heavy atom. The minimum atomic E-state index is -2.94. The van der Waals surface area contributed by atoms with Crippen molar-refractivity contribution >= 4 is 46.2 Å². The summed E-state index contributed by atoms with van der Waals surface area (Å²) in [5, 5.41) is 13.2. The van der Waals surface area contributed by atoms with Crippen molar-refractivity contribution in [3.63, 3.8) is 0 Å². The molecule has 0 saturated carbocycles. The number of allylic oxidation sites excluding steroid dienone is 2. The van der Waals surface area contributed by atoms with Gasteiger partial charge in [-0.15, -0.1) is 0 Å². The van der Waals surface area contributed by atoms with E-state index in [0.717, 1.165) is 15.9 Å². The van der Waals surface area contributed by atoms with Crippen LogP contribution in [-0.4, -0.2) is 50.9 Å². The van der Waals surface area contributed by atoms with Crippen LogP contribution in [0.2, 0.25) is 5.04 Å². The molecule has 0 spiro atoms. The van der Waals surface area contributed by atoms with Crippen LogP contribution in [0.15, 0.2) is 101 Å². The number of carbonyl (C=O) groups excluding carboxylic acids is 2. The lowest BCUT2D eigenvalue weighted by Gasteiger charge is -2.46. The van der Waals surface area contributed by atoms with Gasteiger partial charge in [-0.3, -0.25) is 9.59 Å². The van der Waals surface area contributed by atoms with E-state index in [1.165, 1.54) is 0 Å². The number of hydrogen-bond donors (Lipinski definition) is 1. The monoisotopic (exact) mass is 744 g/mol. The Bertz CT molecular complexity index is 1650. The van der Waals surface area contributed by atoms with E-state index in [4.69, 9.17) is 13.9 Å². The molecule has 2 aliphatic rings. The smallest absolute Gasteiger partial charge is 0.261 e. The second kappa shape index (κ2) is 15.3. The van der Waals surface area contributed by atoms with Gasteiger partial charge < -0.3 is 19.0 Å². The van der Waals surface area contributed by atoms with E-state index in [0.29, 0.717) is 34.6 Å². The van der Waals surface area contributed by atoms with E-state index in [-0.39, 0.29) is 35.0 Å². The average Bonchev–Trinajstić information content (AvgIpc) is 3.07. The van der Waals surface area contributed by atoms with Gasteiger partial charge in [0.2, 0.25) is 0 Å². The van der Waals surface area contributed by atoms with Crippen LogP contribution in [0.5, 0.6) is 11.5 Å². The number of methoxy groups -OCH3 is 1. The Morgan fingerprint density at radius 2 is 1.53 bits per heavy atom. The van der Waals surface area contributed by atoms with Crippen molar-refractivity contribution in [1.29, 1.82) is 0 Å². The highest BCUT2D eigenvalue weighted by atomic mass is 79.9. The van der Waals surface area contributed by atoms with Crippen LogP contribution in [0.1, 0.15) is 65.9 Å². The number of hydrogen-bond acceptors (Lipinski definition) is 6. The van der Waals surface area contributed by atoms with Gasteiger partial charge in [-0.2, -0.15) is 0 Å². The lowest BCUT2D eigenvalue weighted by molar-refractivity contribution is -0.131. The number of halogens is 1. The molecule has 3 aromatic carbocycles. The van der Waals surface area contributed by atoms with E-state index in [9.17, 15) is 14.7 Å². The van der Waals surface area contributed by atoms with Gasteiger partial charge in [0.25, 0.3) is 8.32 Å². The molecule has 260 valence electrons. The highest BCUT2D eigenvalue weighted by molar-refractivity contribution is 9.12. The summed E-state index contributed by atoms with van der Waals surface area (Å²) in [4.78, 5) is 28.1. The molecule has 0 bridgehead atoms. The van der Waals surface area contributed by atoms with Crippen molar-refractivity contribution in [2.45, 2.75) is 77.5 Å². The normalized spacial score (nSPS) is 23.3. The van der Waals surface area contributed by atoms with Gasteiger partial charge in [-0.1, -0.05) is 101 Å². The molecule has 5 atom stereocenters. The van der Waals surface area contributed by atoms with Gasteiger partial charge in [-0.25, -0.2) is 0 Å². The third-order valence-corrected chi connectivity index (χ3v) is 15.7. The fraction of sp³-hybridized carbons (Fsp3) is 0.415. The van der Waals surface area contributed by atoms with Gasteiger partial charge in [0.05, 0.1) is 23.8 Å². The van der Waals surface area contributed by atoms with Crippen molar-refractivity contribution in [3.05, 3.63) is 107 Å². The van der Waals surface area contributed by atoms with Crippen LogP contribution in [0.25, 0.3) is 0 Å². The number of Topliss-reactive ketones (excluding diaryl/α,β-unsaturated/α-hetero) is 1. The number of rotatable bonds is 11. The predicted octanol–water partition coefficient (Wildman–Crippen LogP) is 7.52. The van der Waals surface area contributed by atoms with Crippen LogP contribution >= 0.6 is 15.9 Å². The quantitative estimate of drug-likeness (QED) is 0.205. The Hall–Kier alpha value is -3.30. The highest BCUT2D eigenvalue weighted by Gasteiger charge is 2.52. The number of aliphatic hydroxyl groups excluding tert-OH is 1. The summed E-state index contributed by atoms with van der Waals surface area (Å²) in [6.45, 7) is 12.9. The first-order chi connectivity index (χ1) is 23.3. The number of ether oxygens (including phenoxy) is 2. The maximum atomic E-state index is 14.3. The van der Waals surface area contributed by atoms with Crippen LogP contribution in [0, 0.1) is 17.8 Å². The third kappa shape index (κ3) is 7.43. The van der Waals surface area contributed by atoms with Gasteiger partial charge in [-0.05, 0) is 87.4 Å². The molecule has 49 heavy (non-hydrogen) atoms. The molecule has 0 amide bonds. The van der Waals surface area contributed by atoms with Crippen LogP contribution < -0.4 is 19.8 Å². The van der Waals surface area contributed by atoms with Gasteiger partial charge in [0.15, 0.2) is 23.1 Å². The van der Waals surface area contributed by atoms with Crippen molar-refractivity contribution in [3.8, 4) is 11.5 Å². The average molecular weight is 746 g/mol. The van der Waals surface area contributed by atoms with Crippen molar-refractivity contribution < 1.29 is 28.6 Å². The molecular weight excluding hydrogens is 696 g/mol. The molecule has 0 fully saturated rings. The maximum Gasteiger partial charge on any atom is 0.261 e. The van der Waals surface area contributed by atoms with Gasteiger partial charge >= 0.3 is 0 Å². The minimum absolute atomic E-state index is 0.0591. The first-order valence-corrected chi connectivity index (χ1v) is 20.0. The zero-order chi connectivity index (χ0) is 35.5. The van der Waals surface area contributed by atoms with Crippen LogP contribution in [0.3, 0.4) is 0 Å². The SMILES string of the molecule is CCC1=CC(=O)C(C2C(=O)C(Br)=C[C@@H](CO[Si](c3ccccc3)(c3ccccc3)C(C)(C)C)[C@@H]2c2ccc(OC(C)C)c(OC)c2)CC1O. The van der Waals surface area contributed by atoms with Crippen LogP contribution in [-0.2, 0) is 14.0 Å². The lowest BCUT2D eigenvalue weighted by Crippen LogP contribution is -2.67. The lowest BCUT2D eigenvalue weighted by atomic mass is 9.63. The number of benzene rings is 3. The molecule has 5 rings (SSSR count). The van der Waals surface area contributed by atoms with E-state index in [1.54, 1.807) is 13.2 Å². The van der Waals surface area contributed by atoms with Crippen LogP contribution in [0.4, 0.5) is 0 Å². The predicted molar refractivity (Wildman–Crippen MR) is 202 cm³/mol. The second-order valence-corrected chi connectivity index (χ2v) is 19.6. The van der Waals surface area contributed by atoms with Crippen molar-refractivity contribution in [2.24, 2.45) is 17.8 Å². The second-order valence-electron chi connectivity index (χ2n) is 14.5. The highest BCUT2D eigenvalue weighted by Crippen LogP contribution is 2.49. The fourth-order valence-electron chi connectivity index (χ4n) is 7.78. The molecule has 3 unspecified atom stereocenters. The summed E-state index contributed by atoms with van der Waals surface area (Å²) >= 11 is 3.61. The zero-order valence-electron chi connectivity index (χ0n) is 29.6. The number of ketones is 2. The summed E-state index contributed by atoms with van der Waals surface area (Å²) in [5.74, 6) is -1.26. The van der Waals surface area contributed by atoms with E-state index < -0.39 is 32.2 Å². The molecule has 0 heterocycles. The summed E-state index contributed by atoms with van der Waals surface area (Å²) < 4.78 is 19.7. The summed E-state index contributed by atoms with van der Waals surface area (Å²) in [6.07, 6.45) is 3.45. The molecule has 1 N–H and O–H groups in total. The summed E-state index contributed by atoms with van der Waals surface area (Å²) in [7, 11) is -1.33. The molecule has 0 aromatic heterocycles. The Morgan fingerprint density at radius 3 is 2.06 bits per heavy atom. The number of aliphatic hydroxyl groups is 1. The van der Waals surface area contributed by atoms with E-state index in [1.807, 2.05) is 57.2 Å². The minimum Gasteiger partial charge on any atom is -0.493 e. The van der Waals surface area contributed by atoms with E-state index in [2.05, 4.69) is 85.2 Å². The zero-order valence-corrected chi connectivity index (χ0v) is 32.2. The Kier molecular flexibility index (Phi) is 11.5. The fourth-order valence-corrected chi connectivity index (χ4v) is 13.0. The molecule has 2 aliphatic carbocycles. The molecule has 0 aliphatic heterocycles. The van der Waals surface area contributed by atoms with Gasteiger partial charge in [0, 0.05) is 30.3 Å². The standard InChI is InChI=1S/C41H49BrO6Si/c1-8-27-22-35(44)32(24-34(27)43)39-38(28-19-20-36(48-26(2)3)37(23-28)46-7)29(21-33(42)40(39)45)25-47-49(41(4,5)6,30-15-11-9-12-16-30)31-17-13-10-14-18-31/h9-23,26,29,32,34,38-39,43H,8,24-25H2,1-7H3/t29-,32?,34?,38-,39?/m0/s1.